The van der Waals surface area contributed by atoms with E-state index >= 15 is 0 Å². The number of aryl methyl sites for hydroxylation is 3. The summed E-state index contributed by atoms with van der Waals surface area (Å²) in [7, 11) is 0. The Balaban J connectivity index is 1.38. The van der Waals surface area contributed by atoms with Gasteiger partial charge < -0.3 is 9.42 Å². The van der Waals surface area contributed by atoms with Gasteiger partial charge in [-0.15, -0.1) is 0 Å². The SMILES string of the molecule is Cc1noc(C)c1C(=O)N1CCN([C@@H]2CCc3ccccc3C2)CC1. The van der Waals surface area contributed by atoms with E-state index in [-0.39, 0.29) is 5.91 Å². The van der Waals surface area contributed by atoms with E-state index in [0.717, 1.165) is 32.6 Å². The van der Waals surface area contributed by atoms with Gasteiger partial charge in [-0.3, -0.25) is 9.69 Å². The Morgan fingerprint density at radius 3 is 2.52 bits per heavy atom. The molecule has 0 bridgehead atoms. The predicted molar refractivity (Wildman–Crippen MR) is 95.7 cm³/mol. The van der Waals surface area contributed by atoms with Crippen molar-refractivity contribution < 1.29 is 9.32 Å². The van der Waals surface area contributed by atoms with Gasteiger partial charge in [0.2, 0.25) is 0 Å². The molecule has 132 valence electrons. The average molecular weight is 339 g/mol. The maximum absolute atomic E-state index is 12.8. The van der Waals surface area contributed by atoms with Gasteiger partial charge in [-0.1, -0.05) is 29.4 Å². The van der Waals surface area contributed by atoms with Crippen LogP contribution < -0.4 is 0 Å². The molecular formula is C20H25N3O2. The van der Waals surface area contributed by atoms with Crippen LogP contribution in [0.5, 0.6) is 0 Å². The summed E-state index contributed by atoms with van der Waals surface area (Å²) in [5.74, 6) is 0.679. The second kappa shape index (κ2) is 6.64. The molecule has 1 aromatic carbocycles. The molecule has 1 amide bonds. The number of fused-ring (bicyclic) bond motifs is 1. The first-order chi connectivity index (χ1) is 12.1. The van der Waals surface area contributed by atoms with Gasteiger partial charge >= 0.3 is 0 Å². The van der Waals surface area contributed by atoms with Gasteiger partial charge in [-0.05, 0) is 44.2 Å². The minimum absolute atomic E-state index is 0.0601. The van der Waals surface area contributed by atoms with E-state index in [2.05, 4.69) is 34.3 Å². The van der Waals surface area contributed by atoms with Gasteiger partial charge in [0.05, 0.1) is 5.69 Å². The van der Waals surface area contributed by atoms with Crippen LogP contribution in [0, 0.1) is 13.8 Å². The van der Waals surface area contributed by atoms with Crippen molar-refractivity contribution in [2.24, 2.45) is 0 Å². The lowest BCUT2D eigenvalue weighted by molar-refractivity contribution is 0.0551. The number of benzene rings is 1. The molecule has 0 radical (unpaired) electrons. The highest BCUT2D eigenvalue weighted by Crippen LogP contribution is 2.25. The maximum atomic E-state index is 12.8. The van der Waals surface area contributed by atoms with E-state index < -0.39 is 0 Å². The van der Waals surface area contributed by atoms with Crippen molar-refractivity contribution in [2.75, 3.05) is 26.2 Å². The first-order valence-electron chi connectivity index (χ1n) is 9.16. The van der Waals surface area contributed by atoms with Crippen LogP contribution in [-0.4, -0.2) is 53.1 Å². The topological polar surface area (TPSA) is 49.6 Å². The molecule has 0 saturated carbocycles. The summed E-state index contributed by atoms with van der Waals surface area (Å²) in [6.45, 7) is 7.09. The summed E-state index contributed by atoms with van der Waals surface area (Å²) in [6.07, 6.45) is 3.52. The van der Waals surface area contributed by atoms with E-state index in [0.29, 0.717) is 23.1 Å². The second-order valence-corrected chi connectivity index (χ2v) is 7.19. The van der Waals surface area contributed by atoms with E-state index in [9.17, 15) is 4.79 Å². The predicted octanol–water partition coefficient (Wildman–Crippen LogP) is 2.61. The normalized spacial score (nSPS) is 21.2. The van der Waals surface area contributed by atoms with Crippen molar-refractivity contribution in [3.05, 3.63) is 52.4 Å². The average Bonchev–Trinajstić information content (AvgIpc) is 2.99. The minimum atomic E-state index is 0.0601. The van der Waals surface area contributed by atoms with Crippen molar-refractivity contribution in [3.8, 4) is 0 Å². The lowest BCUT2D eigenvalue weighted by Gasteiger charge is -2.41. The van der Waals surface area contributed by atoms with E-state index in [1.165, 1.54) is 24.0 Å². The Morgan fingerprint density at radius 2 is 1.84 bits per heavy atom. The Labute approximate surface area is 148 Å². The molecular weight excluding hydrogens is 314 g/mol. The molecule has 1 aromatic heterocycles. The van der Waals surface area contributed by atoms with Crippen LogP contribution in [0.3, 0.4) is 0 Å². The van der Waals surface area contributed by atoms with Crippen molar-refractivity contribution >= 4 is 5.91 Å². The van der Waals surface area contributed by atoms with Crippen molar-refractivity contribution in [2.45, 2.75) is 39.2 Å². The van der Waals surface area contributed by atoms with Gasteiger partial charge in [-0.2, -0.15) is 0 Å². The monoisotopic (exact) mass is 339 g/mol. The van der Waals surface area contributed by atoms with Crippen molar-refractivity contribution in [1.82, 2.24) is 15.0 Å². The van der Waals surface area contributed by atoms with Crippen LogP contribution in [0.1, 0.15) is 39.4 Å². The lowest BCUT2D eigenvalue weighted by atomic mass is 9.87. The number of carbonyl (C=O) groups is 1. The molecule has 0 unspecified atom stereocenters. The van der Waals surface area contributed by atoms with Crippen LogP contribution in [0.25, 0.3) is 0 Å². The zero-order valence-electron chi connectivity index (χ0n) is 15.0. The molecule has 25 heavy (non-hydrogen) atoms. The number of rotatable bonds is 2. The Morgan fingerprint density at radius 1 is 1.12 bits per heavy atom. The maximum Gasteiger partial charge on any atom is 0.259 e. The number of carbonyl (C=O) groups excluding carboxylic acids is 1. The lowest BCUT2D eigenvalue weighted by Crippen LogP contribution is -2.53. The Kier molecular flexibility index (Phi) is 4.34. The minimum Gasteiger partial charge on any atom is -0.361 e. The molecule has 2 aliphatic rings. The first-order valence-corrected chi connectivity index (χ1v) is 9.16. The molecule has 1 aliphatic carbocycles. The molecule has 1 saturated heterocycles. The molecule has 5 heteroatoms. The molecule has 0 N–H and O–H groups in total. The molecule has 5 nitrogen and oxygen atoms in total. The van der Waals surface area contributed by atoms with E-state index in [4.69, 9.17) is 4.52 Å². The molecule has 1 aliphatic heterocycles. The van der Waals surface area contributed by atoms with Crippen LogP contribution in [0.2, 0.25) is 0 Å². The highest BCUT2D eigenvalue weighted by molar-refractivity contribution is 5.96. The summed E-state index contributed by atoms with van der Waals surface area (Å²) >= 11 is 0. The summed E-state index contributed by atoms with van der Waals surface area (Å²) in [6, 6.07) is 9.40. The van der Waals surface area contributed by atoms with Crippen LogP contribution in [0.4, 0.5) is 0 Å². The summed E-state index contributed by atoms with van der Waals surface area (Å²) < 4.78 is 5.15. The third-order valence-electron chi connectivity index (χ3n) is 5.69. The number of piperazine rings is 1. The van der Waals surface area contributed by atoms with Gasteiger partial charge in [-0.25, -0.2) is 0 Å². The highest BCUT2D eigenvalue weighted by atomic mass is 16.5. The third-order valence-corrected chi connectivity index (χ3v) is 5.69. The Hall–Kier alpha value is -2.14. The van der Waals surface area contributed by atoms with Gasteiger partial charge in [0.25, 0.3) is 5.91 Å². The third kappa shape index (κ3) is 3.09. The number of nitrogens with zero attached hydrogens (tertiary/aromatic N) is 3. The van der Waals surface area contributed by atoms with Crippen molar-refractivity contribution in [3.63, 3.8) is 0 Å². The highest BCUT2D eigenvalue weighted by Gasteiger charge is 2.30. The van der Waals surface area contributed by atoms with Gasteiger partial charge in [0.15, 0.2) is 0 Å². The molecule has 4 rings (SSSR count). The fourth-order valence-corrected chi connectivity index (χ4v) is 4.23. The quantitative estimate of drug-likeness (QED) is 0.844. The second-order valence-electron chi connectivity index (χ2n) is 7.19. The van der Waals surface area contributed by atoms with Gasteiger partial charge in [0, 0.05) is 32.2 Å². The summed E-state index contributed by atoms with van der Waals surface area (Å²) in [5.41, 5.74) is 4.33. The standard InChI is InChI=1S/C20H25N3O2/c1-14-19(15(2)25-21-14)20(24)23-11-9-22(10-12-23)18-8-7-16-5-3-4-6-17(16)13-18/h3-6,18H,7-13H2,1-2H3/t18-/m1/s1. The molecule has 2 heterocycles. The largest absolute Gasteiger partial charge is 0.361 e. The van der Waals surface area contributed by atoms with Crippen LogP contribution in [0.15, 0.2) is 28.8 Å². The molecule has 0 spiro atoms. The molecule has 2 aromatic rings. The van der Waals surface area contributed by atoms with Crippen LogP contribution >= 0.6 is 0 Å². The number of aromatic nitrogens is 1. The fourth-order valence-electron chi connectivity index (χ4n) is 4.23. The zero-order chi connectivity index (χ0) is 17.4. The first kappa shape index (κ1) is 16.3. The van der Waals surface area contributed by atoms with Gasteiger partial charge in [0.1, 0.15) is 11.3 Å². The van der Waals surface area contributed by atoms with E-state index in [1.54, 1.807) is 0 Å². The zero-order valence-corrected chi connectivity index (χ0v) is 15.0. The number of amides is 1. The molecule has 1 atom stereocenters. The Bertz CT molecular complexity index is 755. The smallest absolute Gasteiger partial charge is 0.259 e. The molecule has 1 fully saturated rings. The summed E-state index contributed by atoms with van der Waals surface area (Å²) in [4.78, 5) is 17.3. The number of hydrogen-bond donors (Lipinski definition) is 0. The van der Waals surface area contributed by atoms with Crippen molar-refractivity contribution in [1.29, 1.82) is 0 Å². The number of hydrogen-bond acceptors (Lipinski definition) is 4. The fraction of sp³-hybridized carbons (Fsp3) is 0.500. The van der Waals surface area contributed by atoms with E-state index in [1.807, 2.05) is 18.7 Å². The summed E-state index contributed by atoms with van der Waals surface area (Å²) in [5, 5.41) is 3.91. The van der Waals surface area contributed by atoms with Crippen LogP contribution in [-0.2, 0) is 12.8 Å².